The minimum absolute atomic E-state index is 0.0703. The smallest absolute Gasteiger partial charge is 0.244 e. The summed E-state index contributed by atoms with van der Waals surface area (Å²) in [6.45, 7) is 0. The number of ether oxygens (including phenoxy) is 3. The molecule has 1 aliphatic rings. The van der Waals surface area contributed by atoms with Gasteiger partial charge in [0.2, 0.25) is 11.7 Å². The number of aromatic nitrogens is 3. The van der Waals surface area contributed by atoms with Crippen LogP contribution in [0.2, 0.25) is 0 Å². The van der Waals surface area contributed by atoms with Crippen LogP contribution < -0.4 is 24.8 Å². The summed E-state index contributed by atoms with van der Waals surface area (Å²) < 4.78 is 39.1. The van der Waals surface area contributed by atoms with E-state index in [1.165, 1.54) is 27.5 Å². The summed E-state index contributed by atoms with van der Waals surface area (Å²) in [6.07, 6.45) is 1.98. The second-order valence-corrected chi connectivity index (χ2v) is 8.18. The van der Waals surface area contributed by atoms with Gasteiger partial charge in [0.25, 0.3) is 0 Å². The first-order valence-corrected chi connectivity index (χ1v) is 10.00. The third-order valence-electron chi connectivity index (χ3n) is 4.06. The first kappa shape index (κ1) is 19.0. The Morgan fingerprint density at radius 2 is 1.81 bits per heavy atom. The van der Waals surface area contributed by atoms with Crippen molar-refractivity contribution in [2.24, 2.45) is 0 Å². The van der Waals surface area contributed by atoms with E-state index in [-0.39, 0.29) is 23.5 Å². The van der Waals surface area contributed by atoms with Gasteiger partial charge in [-0.1, -0.05) is 0 Å². The van der Waals surface area contributed by atoms with Crippen LogP contribution in [0.25, 0.3) is 0 Å². The minimum Gasteiger partial charge on any atom is -0.493 e. The molecule has 10 nitrogen and oxygen atoms in total. The molecule has 2 N–H and O–H groups in total. The van der Waals surface area contributed by atoms with Crippen LogP contribution in [-0.2, 0) is 9.84 Å². The highest BCUT2D eigenvalue weighted by Crippen LogP contribution is 2.40. The predicted octanol–water partition coefficient (Wildman–Crippen LogP) is 1.24. The zero-order valence-corrected chi connectivity index (χ0v) is 16.0. The van der Waals surface area contributed by atoms with Crippen molar-refractivity contribution in [1.82, 2.24) is 15.2 Å². The lowest BCUT2D eigenvalue weighted by atomic mass is 10.2. The molecule has 11 heteroatoms. The lowest BCUT2D eigenvalue weighted by molar-refractivity contribution is 0.324. The molecule has 2 heterocycles. The van der Waals surface area contributed by atoms with Gasteiger partial charge in [-0.15, -0.1) is 5.10 Å². The van der Waals surface area contributed by atoms with E-state index in [0.29, 0.717) is 35.2 Å². The Hall–Kier alpha value is -2.82. The molecule has 3 rings (SSSR count). The van der Waals surface area contributed by atoms with E-state index in [1.807, 2.05) is 0 Å². The van der Waals surface area contributed by atoms with Crippen molar-refractivity contribution in [3.05, 3.63) is 18.3 Å². The Kier molecular flexibility index (Phi) is 5.49. The van der Waals surface area contributed by atoms with Gasteiger partial charge in [-0.2, -0.15) is 10.1 Å². The van der Waals surface area contributed by atoms with E-state index in [2.05, 4.69) is 25.8 Å². The third kappa shape index (κ3) is 4.48. The highest BCUT2D eigenvalue weighted by atomic mass is 32.2. The Morgan fingerprint density at radius 1 is 1.11 bits per heavy atom. The lowest BCUT2D eigenvalue weighted by Gasteiger charge is -2.15. The van der Waals surface area contributed by atoms with E-state index in [9.17, 15) is 8.42 Å². The van der Waals surface area contributed by atoms with Gasteiger partial charge in [0.1, 0.15) is 0 Å². The van der Waals surface area contributed by atoms with Crippen LogP contribution in [0.4, 0.5) is 17.5 Å². The van der Waals surface area contributed by atoms with Gasteiger partial charge in [0.15, 0.2) is 27.2 Å². The highest BCUT2D eigenvalue weighted by molar-refractivity contribution is 7.91. The Labute approximate surface area is 157 Å². The van der Waals surface area contributed by atoms with E-state index >= 15 is 0 Å². The topological polar surface area (TPSA) is 125 Å². The van der Waals surface area contributed by atoms with Gasteiger partial charge in [-0.05, 0) is 6.42 Å². The number of hydrogen-bond donors (Lipinski definition) is 2. The van der Waals surface area contributed by atoms with Crippen LogP contribution in [0.5, 0.6) is 17.2 Å². The van der Waals surface area contributed by atoms with E-state index in [0.717, 1.165) is 0 Å². The third-order valence-corrected chi connectivity index (χ3v) is 5.83. The largest absolute Gasteiger partial charge is 0.493 e. The van der Waals surface area contributed by atoms with Crippen molar-refractivity contribution in [2.45, 2.75) is 12.5 Å². The molecule has 1 aromatic heterocycles. The molecule has 0 aliphatic carbocycles. The Bertz CT molecular complexity index is 896. The summed E-state index contributed by atoms with van der Waals surface area (Å²) in [4.78, 5) is 4.33. The van der Waals surface area contributed by atoms with Gasteiger partial charge < -0.3 is 24.8 Å². The van der Waals surface area contributed by atoms with Crippen LogP contribution in [-0.4, -0.2) is 62.5 Å². The number of methoxy groups -OCH3 is 3. The molecule has 1 unspecified atom stereocenters. The molecule has 0 saturated carbocycles. The Morgan fingerprint density at radius 3 is 2.37 bits per heavy atom. The number of nitrogens with one attached hydrogen (secondary N) is 2. The average Bonchev–Trinajstić information content (AvgIpc) is 2.99. The van der Waals surface area contributed by atoms with Crippen LogP contribution in [0.3, 0.4) is 0 Å². The number of rotatable bonds is 7. The molecule has 0 radical (unpaired) electrons. The first-order chi connectivity index (χ1) is 12.9. The number of anilines is 3. The van der Waals surface area contributed by atoms with Crippen LogP contribution in [0.1, 0.15) is 6.42 Å². The molecule has 0 bridgehead atoms. The summed E-state index contributed by atoms with van der Waals surface area (Å²) in [6, 6.07) is 3.26. The van der Waals surface area contributed by atoms with Crippen LogP contribution in [0.15, 0.2) is 18.3 Å². The number of nitrogens with zero attached hydrogens (tertiary/aromatic N) is 3. The molecule has 1 fully saturated rings. The molecule has 0 amide bonds. The van der Waals surface area contributed by atoms with E-state index < -0.39 is 9.84 Å². The predicted molar refractivity (Wildman–Crippen MR) is 99.9 cm³/mol. The SMILES string of the molecule is COc1cc(Nc2cnnc(NC3CCS(=O)(=O)C3)n2)cc(OC)c1OC. The van der Waals surface area contributed by atoms with Crippen molar-refractivity contribution in [3.8, 4) is 17.2 Å². The maximum atomic E-state index is 11.6. The van der Waals surface area contributed by atoms with Gasteiger partial charge in [0.05, 0.1) is 39.0 Å². The van der Waals surface area contributed by atoms with E-state index in [1.54, 1.807) is 12.1 Å². The number of sulfone groups is 1. The second kappa shape index (κ2) is 7.82. The summed E-state index contributed by atoms with van der Waals surface area (Å²) in [5.74, 6) is 2.41. The van der Waals surface area contributed by atoms with Crippen molar-refractivity contribution in [2.75, 3.05) is 43.5 Å². The fraction of sp³-hybridized carbons (Fsp3) is 0.438. The van der Waals surface area contributed by atoms with Crippen molar-refractivity contribution >= 4 is 27.3 Å². The van der Waals surface area contributed by atoms with Crippen LogP contribution in [0, 0.1) is 0 Å². The fourth-order valence-corrected chi connectivity index (χ4v) is 4.49. The Balaban J connectivity index is 1.78. The molecule has 1 aliphatic heterocycles. The second-order valence-electron chi connectivity index (χ2n) is 5.95. The quantitative estimate of drug-likeness (QED) is 0.707. The van der Waals surface area contributed by atoms with Crippen LogP contribution >= 0.6 is 0 Å². The average molecular weight is 395 g/mol. The maximum absolute atomic E-state index is 11.6. The molecule has 27 heavy (non-hydrogen) atoms. The van der Waals surface area contributed by atoms with Crippen molar-refractivity contribution in [3.63, 3.8) is 0 Å². The molecule has 146 valence electrons. The zero-order valence-electron chi connectivity index (χ0n) is 15.2. The normalized spacial score (nSPS) is 18.0. The molecule has 2 aromatic rings. The number of benzene rings is 1. The fourth-order valence-electron chi connectivity index (χ4n) is 2.82. The molecule has 1 aromatic carbocycles. The lowest BCUT2D eigenvalue weighted by Crippen LogP contribution is -2.22. The summed E-state index contributed by atoms with van der Waals surface area (Å²) in [5, 5.41) is 13.9. The summed E-state index contributed by atoms with van der Waals surface area (Å²) in [5.41, 5.74) is 0.652. The number of hydrogen-bond acceptors (Lipinski definition) is 10. The standard InChI is InChI=1S/C16H21N5O5S/c1-24-12-6-11(7-13(25-2)15(12)26-3)18-14-8-17-21-16(20-14)19-10-4-5-27(22,23)9-10/h6-8,10H,4-5,9H2,1-3H3,(H2,18,19,20,21). The highest BCUT2D eigenvalue weighted by Gasteiger charge is 2.28. The van der Waals surface area contributed by atoms with E-state index in [4.69, 9.17) is 14.2 Å². The first-order valence-electron chi connectivity index (χ1n) is 8.18. The molecule has 0 spiro atoms. The van der Waals surface area contributed by atoms with Gasteiger partial charge in [-0.3, -0.25) is 0 Å². The van der Waals surface area contributed by atoms with Crippen molar-refractivity contribution < 1.29 is 22.6 Å². The van der Waals surface area contributed by atoms with Crippen molar-refractivity contribution in [1.29, 1.82) is 0 Å². The minimum atomic E-state index is -2.99. The van der Waals surface area contributed by atoms with Gasteiger partial charge in [-0.25, -0.2) is 8.42 Å². The molecular formula is C16H21N5O5S. The molecule has 1 saturated heterocycles. The zero-order chi connectivity index (χ0) is 19.4. The summed E-state index contributed by atoms with van der Waals surface area (Å²) in [7, 11) is 1.61. The summed E-state index contributed by atoms with van der Waals surface area (Å²) >= 11 is 0. The molecular weight excluding hydrogens is 374 g/mol. The monoisotopic (exact) mass is 395 g/mol. The van der Waals surface area contributed by atoms with Gasteiger partial charge >= 0.3 is 0 Å². The molecule has 1 atom stereocenters. The van der Waals surface area contributed by atoms with Gasteiger partial charge in [0, 0.05) is 23.9 Å². The maximum Gasteiger partial charge on any atom is 0.244 e.